The van der Waals surface area contributed by atoms with Gasteiger partial charge in [0.05, 0.1) is 0 Å². The normalized spacial score (nSPS) is 10.6. The van der Waals surface area contributed by atoms with Crippen molar-refractivity contribution in [3.05, 3.63) is 0 Å². The van der Waals surface area contributed by atoms with Crippen LogP contribution in [0.15, 0.2) is 0 Å². The third-order valence-corrected chi connectivity index (χ3v) is 14.0. The first-order valence-corrected chi connectivity index (χ1v) is 28.9. The van der Waals surface area contributed by atoms with E-state index >= 15 is 0 Å². The molecule has 0 saturated heterocycles. The molecule has 0 aromatic heterocycles. The molecule has 0 aromatic rings. The molecule has 0 heterocycles. The molecule has 0 spiro atoms. The quantitative estimate of drug-likeness (QED) is 0.0768. The maximum Gasteiger partial charge on any atom is -0.00188 e. The summed E-state index contributed by atoms with van der Waals surface area (Å²) in [6.45, 7) is 41.5. The zero-order valence-electron chi connectivity index (χ0n) is 39.8. The third kappa shape index (κ3) is 76.7. The van der Waals surface area contributed by atoms with E-state index in [1.54, 1.807) is 18.5 Å². The molecule has 0 aliphatic heterocycles. The van der Waals surface area contributed by atoms with Crippen LogP contribution in [0.4, 0.5) is 0 Å². The fourth-order valence-electron chi connectivity index (χ4n) is 4.92. The third-order valence-electron chi connectivity index (χ3n) is 7.93. The summed E-state index contributed by atoms with van der Waals surface area (Å²) in [6, 6.07) is 0. The monoisotopic (exact) mass is 784 g/mol. The van der Waals surface area contributed by atoms with E-state index in [1.165, 1.54) is 154 Å². The minimum absolute atomic E-state index is 0.380. The molecule has 0 aliphatic carbocycles. The first-order chi connectivity index (χ1) is 24.3. The van der Waals surface area contributed by atoms with E-state index in [0.29, 0.717) is 23.8 Å². The number of nitrogens with zero attached hydrogens (tertiary/aromatic N) is 3. The van der Waals surface area contributed by atoms with Gasteiger partial charge in [-0.3, -0.25) is 0 Å². The summed E-state index contributed by atoms with van der Waals surface area (Å²) in [4.78, 5) is 7.01. The van der Waals surface area contributed by atoms with E-state index in [9.17, 15) is 0 Å². The fourth-order valence-corrected chi connectivity index (χ4v) is 10.4. The van der Waals surface area contributed by atoms with Crippen LogP contribution in [0.2, 0.25) is 0 Å². The average Bonchev–Trinajstić information content (AvgIpc) is 3.09. The van der Waals surface area contributed by atoms with Crippen molar-refractivity contribution in [3.63, 3.8) is 0 Å². The molecule has 3 nitrogen and oxygen atoms in total. The molecule has 0 bridgehead atoms. The summed E-state index contributed by atoms with van der Waals surface area (Å²) in [7, 11) is 7.24. The second-order valence-electron chi connectivity index (χ2n) is 14.9. The molecule has 0 aliphatic rings. The molecule has 6 heteroatoms. The largest absolute Gasteiger partial charge is 0.312 e. The molecular weight excluding hydrogens is 675 g/mol. The van der Waals surface area contributed by atoms with E-state index in [1.807, 2.05) is 26.0 Å². The van der Waals surface area contributed by atoms with Crippen LogP contribution in [0.1, 0.15) is 179 Å². The van der Waals surface area contributed by atoms with E-state index < -0.39 is 0 Å². The molecule has 318 valence electrons. The van der Waals surface area contributed by atoms with Gasteiger partial charge in [-0.15, -0.1) is 23.8 Å². The summed E-state index contributed by atoms with van der Waals surface area (Å²) < 4.78 is 0. The molecule has 0 amide bonds. The number of hydrogen-bond acceptors (Lipinski definition) is 3. The van der Waals surface area contributed by atoms with Crippen LogP contribution >= 0.6 is 23.8 Å². The van der Waals surface area contributed by atoms with Crippen molar-refractivity contribution in [2.45, 2.75) is 179 Å². The molecule has 0 N–H and O–H groups in total. The Hall–Kier alpha value is 1.17. The lowest BCUT2D eigenvalue weighted by atomic mass is 10.2. The van der Waals surface area contributed by atoms with E-state index in [4.69, 9.17) is 0 Å². The van der Waals surface area contributed by atoms with Crippen LogP contribution in [0.5, 0.6) is 0 Å². The minimum atomic E-state index is 0.380. The Morgan fingerprint density at radius 1 is 0.314 bits per heavy atom. The van der Waals surface area contributed by atoms with Gasteiger partial charge in [-0.1, -0.05) is 141 Å². The maximum absolute atomic E-state index is 2.64. The van der Waals surface area contributed by atoms with Crippen molar-refractivity contribution in [2.75, 3.05) is 117 Å². The first-order valence-electron chi connectivity index (χ1n) is 22.5. The number of rotatable bonds is 27. The highest BCUT2D eigenvalue weighted by atomic mass is 31.1. The Morgan fingerprint density at radius 3 is 0.686 bits per heavy atom. The van der Waals surface area contributed by atoms with Gasteiger partial charge in [0.1, 0.15) is 0 Å². The predicted molar refractivity (Wildman–Crippen MR) is 258 cm³/mol. The lowest BCUT2D eigenvalue weighted by Crippen LogP contribution is -2.27. The first kappa shape index (κ1) is 64.1. The second-order valence-corrected chi connectivity index (χ2v) is 23.0. The minimum Gasteiger partial charge on any atom is -0.312 e. The molecule has 51 heavy (non-hydrogen) atoms. The Morgan fingerprint density at radius 2 is 0.529 bits per heavy atom. The number of unbranched alkanes of at least 4 members (excludes halogenated alkanes) is 6. The Labute approximate surface area is 334 Å². The summed E-state index contributed by atoms with van der Waals surface area (Å²) in [5.41, 5.74) is 0. The van der Waals surface area contributed by atoms with Crippen molar-refractivity contribution in [3.8, 4) is 0 Å². The molecule has 0 fully saturated rings. The molecule has 0 radical (unpaired) electrons. The van der Waals surface area contributed by atoms with Gasteiger partial charge in [-0.05, 0) is 156 Å². The molecule has 0 rings (SSSR count). The SMILES string of the molecule is CCCCN(CCCC)CCCC.CCCCP(CCCC)CCCC.CCCP(CCC)CCC.CCN(CC)CC.CN(C)C.CP(C)C. The van der Waals surface area contributed by atoms with E-state index in [0.717, 1.165) is 0 Å². The lowest BCUT2D eigenvalue weighted by Gasteiger charge is -2.21. The van der Waals surface area contributed by atoms with Crippen molar-refractivity contribution in [2.24, 2.45) is 0 Å². The molecular formula is C45H108N3P3. The van der Waals surface area contributed by atoms with Gasteiger partial charge < -0.3 is 14.7 Å². The lowest BCUT2D eigenvalue weighted by molar-refractivity contribution is 0.261. The van der Waals surface area contributed by atoms with Crippen LogP contribution in [-0.2, 0) is 0 Å². The van der Waals surface area contributed by atoms with Gasteiger partial charge in [0, 0.05) is 0 Å². The van der Waals surface area contributed by atoms with Gasteiger partial charge in [0.25, 0.3) is 0 Å². The van der Waals surface area contributed by atoms with Gasteiger partial charge in [0.2, 0.25) is 0 Å². The molecule has 0 saturated carbocycles. The Balaban J connectivity index is -0.000000125. The maximum atomic E-state index is 2.64. The Bertz CT molecular complexity index is 426. The van der Waals surface area contributed by atoms with Crippen LogP contribution in [0, 0.1) is 0 Å². The summed E-state index contributed by atoms with van der Waals surface area (Å²) in [6.07, 6.45) is 30.0. The summed E-state index contributed by atoms with van der Waals surface area (Å²) in [5, 5.41) is 0. The summed E-state index contributed by atoms with van der Waals surface area (Å²) >= 11 is 0. The predicted octanol–water partition coefficient (Wildman–Crippen LogP) is 15.1. The average molecular weight is 784 g/mol. The van der Waals surface area contributed by atoms with Gasteiger partial charge in [0.15, 0.2) is 0 Å². The van der Waals surface area contributed by atoms with Crippen molar-refractivity contribution < 1.29 is 0 Å². The highest BCUT2D eigenvalue weighted by Gasteiger charge is 2.06. The standard InChI is InChI=1S/C12H27N.C12H27P.C9H21P.C6H15N.C3H9N.C3H9P/c2*1-4-7-10-13(11-8-5-2)12-9-6-3;1-4-7-10(8-5-2)9-6-3;1-4-7(5-2)6-3;2*1-4(2)3/h2*4-12H2,1-3H3;4-9H2,1-3H3;4-6H2,1-3H3;2*1-3H3. The van der Waals surface area contributed by atoms with Crippen molar-refractivity contribution >= 4 is 23.8 Å². The molecule has 0 atom stereocenters. The topological polar surface area (TPSA) is 9.72 Å². The van der Waals surface area contributed by atoms with Gasteiger partial charge in [-0.2, -0.15) is 0 Å². The van der Waals surface area contributed by atoms with Gasteiger partial charge >= 0.3 is 0 Å². The molecule has 0 unspecified atom stereocenters. The van der Waals surface area contributed by atoms with Crippen LogP contribution in [-0.4, -0.2) is 132 Å². The van der Waals surface area contributed by atoms with Crippen molar-refractivity contribution in [1.29, 1.82) is 0 Å². The number of hydrogen-bond donors (Lipinski definition) is 0. The smallest absolute Gasteiger partial charge is 0.00188 e. The Kier molecular flexibility index (Phi) is 75.9. The zero-order valence-corrected chi connectivity index (χ0v) is 42.5. The highest BCUT2D eigenvalue weighted by molar-refractivity contribution is 7.57. The van der Waals surface area contributed by atoms with Crippen LogP contribution in [0.3, 0.4) is 0 Å². The van der Waals surface area contributed by atoms with E-state index in [-0.39, 0.29) is 0 Å². The summed E-state index contributed by atoms with van der Waals surface area (Å²) in [5.74, 6) is 0. The molecule has 0 aromatic carbocycles. The second kappa shape index (κ2) is 60.4. The van der Waals surface area contributed by atoms with Gasteiger partial charge in [-0.25, -0.2) is 0 Å². The van der Waals surface area contributed by atoms with E-state index in [2.05, 4.69) is 113 Å². The fraction of sp³-hybridized carbons (Fsp3) is 1.00. The van der Waals surface area contributed by atoms with Crippen LogP contribution < -0.4 is 0 Å². The van der Waals surface area contributed by atoms with Crippen molar-refractivity contribution in [1.82, 2.24) is 14.7 Å². The van der Waals surface area contributed by atoms with Crippen LogP contribution in [0.25, 0.3) is 0 Å². The highest BCUT2D eigenvalue weighted by Crippen LogP contribution is 2.38. The zero-order chi connectivity index (χ0) is 40.6.